The van der Waals surface area contributed by atoms with Crippen molar-refractivity contribution >= 4 is 22.6 Å². The van der Waals surface area contributed by atoms with E-state index in [9.17, 15) is 13.2 Å². The van der Waals surface area contributed by atoms with Crippen molar-refractivity contribution in [2.75, 3.05) is 13.6 Å². The second-order valence-electron chi connectivity index (χ2n) is 4.96. The standard InChI is InChI=1S/C13H15ClF3N3O/c1-7(20(2)6-11(21)13(15,16)17)12-18-9-4-3-8(14)5-10(9)19-12/h3-5,7,11,21H,6H2,1-2H3,(H,18,19)/t7-,11-/m0/s1. The smallest absolute Gasteiger partial charge is 0.382 e. The Kier molecular flexibility index (Phi) is 4.46. The number of hydrogen-bond donors (Lipinski definition) is 2. The molecule has 4 nitrogen and oxygen atoms in total. The van der Waals surface area contributed by atoms with Gasteiger partial charge in [0.2, 0.25) is 0 Å². The molecule has 0 aliphatic carbocycles. The lowest BCUT2D eigenvalue weighted by Gasteiger charge is -2.26. The van der Waals surface area contributed by atoms with Gasteiger partial charge < -0.3 is 10.1 Å². The number of nitrogens with one attached hydrogen (secondary N) is 1. The summed E-state index contributed by atoms with van der Waals surface area (Å²) >= 11 is 5.87. The molecule has 0 fully saturated rings. The minimum atomic E-state index is -4.63. The van der Waals surface area contributed by atoms with Crippen LogP contribution < -0.4 is 0 Å². The molecule has 1 heterocycles. The van der Waals surface area contributed by atoms with Gasteiger partial charge in [-0.1, -0.05) is 11.6 Å². The molecule has 0 saturated carbocycles. The third kappa shape index (κ3) is 3.66. The van der Waals surface area contributed by atoms with Crippen molar-refractivity contribution in [3.63, 3.8) is 0 Å². The number of hydrogen-bond acceptors (Lipinski definition) is 3. The lowest BCUT2D eigenvalue weighted by Crippen LogP contribution is -2.40. The fourth-order valence-electron chi connectivity index (χ4n) is 1.94. The number of aromatic amines is 1. The maximum Gasteiger partial charge on any atom is 0.415 e. The van der Waals surface area contributed by atoms with Crippen LogP contribution in [0.5, 0.6) is 0 Å². The van der Waals surface area contributed by atoms with Crippen LogP contribution in [0.15, 0.2) is 18.2 Å². The van der Waals surface area contributed by atoms with Gasteiger partial charge in [0.15, 0.2) is 6.10 Å². The van der Waals surface area contributed by atoms with Crippen LogP contribution >= 0.6 is 11.6 Å². The number of alkyl halides is 3. The van der Waals surface area contributed by atoms with Gasteiger partial charge in [-0.15, -0.1) is 0 Å². The maximum absolute atomic E-state index is 12.4. The van der Waals surface area contributed by atoms with Gasteiger partial charge in [-0.2, -0.15) is 13.2 Å². The Bertz CT molecular complexity index is 629. The minimum Gasteiger partial charge on any atom is -0.382 e. The quantitative estimate of drug-likeness (QED) is 0.909. The average molecular weight is 322 g/mol. The van der Waals surface area contributed by atoms with E-state index in [1.165, 1.54) is 11.9 Å². The van der Waals surface area contributed by atoms with Crippen LogP contribution in [0.2, 0.25) is 5.02 Å². The molecule has 1 aromatic carbocycles. The van der Waals surface area contributed by atoms with Gasteiger partial charge in [-0.25, -0.2) is 4.98 Å². The zero-order chi connectivity index (χ0) is 15.8. The Balaban J connectivity index is 2.15. The van der Waals surface area contributed by atoms with Gasteiger partial charge in [-0.3, -0.25) is 4.90 Å². The van der Waals surface area contributed by atoms with Crippen molar-refractivity contribution < 1.29 is 18.3 Å². The molecule has 0 unspecified atom stereocenters. The molecule has 2 rings (SSSR count). The molecule has 2 atom stereocenters. The topological polar surface area (TPSA) is 52.2 Å². The van der Waals surface area contributed by atoms with E-state index < -0.39 is 24.9 Å². The van der Waals surface area contributed by atoms with Gasteiger partial charge in [0, 0.05) is 11.6 Å². The molecular weight excluding hydrogens is 307 g/mol. The Morgan fingerprint density at radius 2 is 2.10 bits per heavy atom. The molecule has 0 bridgehead atoms. The van der Waals surface area contributed by atoms with E-state index in [4.69, 9.17) is 16.7 Å². The third-order valence-electron chi connectivity index (χ3n) is 3.36. The predicted octanol–water partition coefficient (Wildman–Crippen LogP) is 3.13. The van der Waals surface area contributed by atoms with Crippen LogP contribution in [-0.4, -0.2) is 45.8 Å². The SMILES string of the molecule is C[C@@H](c1nc2ccc(Cl)cc2[nH]1)N(C)C[C@H](O)C(F)(F)F. The number of aliphatic hydroxyl groups is 1. The summed E-state index contributed by atoms with van der Waals surface area (Å²) < 4.78 is 37.1. The summed E-state index contributed by atoms with van der Waals surface area (Å²) in [6.45, 7) is 1.19. The van der Waals surface area contributed by atoms with E-state index in [0.29, 0.717) is 21.9 Å². The summed E-state index contributed by atoms with van der Waals surface area (Å²) in [4.78, 5) is 8.74. The monoisotopic (exact) mass is 321 g/mol. The van der Waals surface area contributed by atoms with E-state index >= 15 is 0 Å². The summed E-state index contributed by atoms with van der Waals surface area (Å²) in [6.07, 6.45) is -7.01. The molecule has 0 aliphatic heterocycles. The second-order valence-corrected chi connectivity index (χ2v) is 5.39. The molecule has 1 aromatic heterocycles. The average Bonchev–Trinajstić information content (AvgIpc) is 2.79. The molecule has 0 amide bonds. The highest BCUT2D eigenvalue weighted by Crippen LogP contribution is 2.25. The maximum atomic E-state index is 12.4. The number of H-pyrrole nitrogens is 1. The first-order valence-corrected chi connectivity index (χ1v) is 6.66. The first-order chi connectivity index (χ1) is 9.68. The fourth-order valence-corrected chi connectivity index (χ4v) is 2.11. The Hall–Kier alpha value is -1.31. The summed E-state index contributed by atoms with van der Waals surface area (Å²) in [7, 11) is 1.50. The predicted molar refractivity (Wildman–Crippen MR) is 74.2 cm³/mol. The first kappa shape index (κ1) is 16.1. The van der Waals surface area contributed by atoms with E-state index in [0.717, 1.165) is 0 Å². The van der Waals surface area contributed by atoms with Crippen LogP contribution in [0.4, 0.5) is 13.2 Å². The van der Waals surface area contributed by atoms with Crippen molar-refractivity contribution in [3.05, 3.63) is 29.0 Å². The van der Waals surface area contributed by atoms with Gasteiger partial charge in [0.05, 0.1) is 17.1 Å². The number of aromatic nitrogens is 2. The lowest BCUT2D eigenvalue weighted by atomic mass is 10.2. The molecule has 2 aromatic rings. The zero-order valence-electron chi connectivity index (χ0n) is 11.4. The minimum absolute atomic E-state index is 0.409. The zero-order valence-corrected chi connectivity index (χ0v) is 12.2. The first-order valence-electron chi connectivity index (χ1n) is 6.28. The van der Waals surface area contributed by atoms with Crippen molar-refractivity contribution in [1.29, 1.82) is 0 Å². The highest BCUT2D eigenvalue weighted by atomic mass is 35.5. The molecule has 0 spiro atoms. The summed E-state index contributed by atoms with van der Waals surface area (Å²) in [6, 6.07) is 4.71. The van der Waals surface area contributed by atoms with E-state index in [-0.39, 0.29) is 0 Å². The molecule has 0 aliphatic rings. The van der Waals surface area contributed by atoms with Crippen LogP contribution in [0.3, 0.4) is 0 Å². The number of rotatable bonds is 4. The molecule has 21 heavy (non-hydrogen) atoms. The highest BCUT2D eigenvalue weighted by molar-refractivity contribution is 6.31. The van der Waals surface area contributed by atoms with Crippen LogP contribution in [0.1, 0.15) is 18.8 Å². The van der Waals surface area contributed by atoms with Crippen molar-refractivity contribution in [1.82, 2.24) is 14.9 Å². The van der Waals surface area contributed by atoms with Gasteiger partial charge in [0.1, 0.15) is 5.82 Å². The van der Waals surface area contributed by atoms with Crippen molar-refractivity contribution in [3.8, 4) is 0 Å². The molecule has 0 radical (unpaired) electrons. The third-order valence-corrected chi connectivity index (χ3v) is 3.59. The van der Waals surface area contributed by atoms with Crippen molar-refractivity contribution in [2.24, 2.45) is 0 Å². The van der Waals surface area contributed by atoms with Gasteiger partial charge in [0.25, 0.3) is 0 Å². The normalized spacial score (nSPS) is 15.6. The van der Waals surface area contributed by atoms with E-state index in [1.807, 2.05) is 0 Å². The number of nitrogens with zero attached hydrogens (tertiary/aromatic N) is 2. The summed E-state index contributed by atoms with van der Waals surface area (Å²) in [5, 5.41) is 9.66. The highest BCUT2D eigenvalue weighted by Gasteiger charge is 2.39. The fraction of sp³-hybridized carbons (Fsp3) is 0.462. The Labute approximate surface area is 124 Å². The van der Waals surface area contributed by atoms with Crippen LogP contribution in [0.25, 0.3) is 11.0 Å². The van der Waals surface area contributed by atoms with Crippen LogP contribution in [0, 0.1) is 0 Å². The van der Waals surface area contributed by atoms with Crippen molar-refractivity contribution in [2.45, 2.75) is 25.2 Å². The number of aliphatic hydroxyl groups excluding tert-OH is 1. The number of halogens is 4. The summed E-state index contributed by atoms with van der Waals surface area (Å²) in [5.41, 5.74) is 1.40. The van der Waals surface area contributed by atoms with E-state index in [2.05, 4.69) is 9.97 Å². The molecule has 2 N–H and O–H groups in total. The molecular formula is C13H15ClF3N3O. The second kappa shape index (κ2) is 5.82. The lowest BCUT2D eigenvalue weighted by molar-refractivity contribution is -0.208. The Morgan fingerprint density at radius 1 is 1.43 bits per heavy atom. The number of imidazole rings is 1. The van der Waals surface area contributed by atoms with Gasteiger partial charge >= 0.3 is 6.18 Å². The summed E-state index contributed by atoms with van der Waals surface area (Å²) in [5.74, 6) is 0.518. The number of fused-ring (bicyclic) bond motifs is 1. The largest absolute Gasteiger partial charge is 0.415 e. The van der Waals surface area contributed by atoms with E-state index in [1.54, 1.807) is 25.1 Å². The van der Waals surface area contributed by atoms with Crippen LogP contribution in [-0.2, 0) is 0 Å². The van der Waals surface area contributed by atoms with Gasteiger partial charge in [-0.05, 0) is 32.2 Å². The molecule has 8 heteroatoms. The molecule has 116 valence electrons. The Morgan fingerprint density at radius 3 is 2.71 bits per heavy atom. The number of benzene rings is 1. The molecule has 0 saturated heterocycles. The number of likely N-dealkylation sites (N-methyl/N-ethyl adjacent to an activating group) is 1.